The molecule has 3 nitrogen and oxygen atoms in total. The predicted molar refractivity (Wildman–Crippen MR) is 74.7 cm³/mol. The summed E-state index contributed by atoms with van der Waals surface area (Å²) >= 11 is 0. The van der Waals surface area contributed by atoms with Gasteiger partial charge < -0.3 is 10.6 Å². The lowest BCUT2D eigenvalue weighted by atomic mass is 10.1. The van der Waals surface area contributed by atoms with Crippen molar-refractivity contribution in [1.82, 2.24) is 0 Å². The molecule has 0 aliphatic heterocycles. The maximum absolute atomic E-state index is 13.7. The van der Waals surface area contributed by atoms with Gasteiger partial charge in [-0.1, -0.05) is 12.1 Å². The van der Waals surface area contributed by atoms with Crippen LogP contribution in [0.15, 0.2) is 42.5 Å². The normalized spacial score (nSPS) is 10.3. The number of para-hydroxylation sites is 1. The van der Waals surface area contributed by atoms with Crippen molar-refractivity contribution < 1.29 is 9.18 Å². The van der Waals surface area contributed by atoms with Gasteiger partial charge >= 0.3 is 0 Å². The Hall–Kier alpha value is -2.36. The van der Waals surface area contributed by atoms with Crippen molar-refractivity contribution in [2.45, 2.75) is 6.92 Å². The van der Waals surface area contributed by atoms with Crippen molar-refractivity contribution >= 4 is 17.3 Å². The molecule has 0 radical (unpaired) electrons. The largest absolute Gasteiger partial charge is 0.399 e. The van der Waals surface area contributed by atoms with Crippen LogP contribution in [0.25, 0.3) is 0 Å². The van der Waals surface area contributed by atoms with E-state index < -0.39 is 5.82 Å². The third-order valence-electron chi connectivity index (χ3n) is 2.87. The molecule has 0 atom stereocenters. The van der Waals surface area contributed by atoms with Crippen LogP contribution in [0.1, 0.15) is 15.9 Å². The van der Waals surface area contributed by atoms with Crippen LogP contribution in [0.4, 0.5) is 15.8 Å². The molecule has 0 heterocycles. The standard InChI is InChI=1S/C15H15FN2O/c1-10-7-11(9-12(17)8-10)15(19)18(2)14-6-4-3-5-13(14)16/h3-9H,17H2,1-2H3. The molecule has 19 heavy (non-hydrogen) atoms. The topological polar surface area (TPSA) is 46.3 Å². The molecule has 0 fully saturated rings. The van der Waals surface area contributed by atoms with Gasteiger partial charge in [0.05, 0.1) is 5.69 Å². The van der Waals surface area contributed by atoms with Crippen molar-refractivity contribution in [2.75, 3.05) is 17.7 Å². The summed E-state index contributed by atoms with van der Waals surface area (Å²) in [4.78, 5) is 13.6. The van der Waals surface area contributed by atoms with Crippen LogP contribution < -0.4 is 10.6 Å². The molecule has 0 bridgehead atoms. The van der Waals surface area contributed by atoms with E-state index >= 15 is 0 Å². The van der Waals surface area contributed by atoms with Crippen LogP contribution in [0.3, 0.4) is 0 Å². The Labute approximate surface area is 111 Å². The van der Waals surface area contributed by atoms with Crippen molar-refractivity contribution in [3.63, 3.8) is 0 Å². The van der Waals surface area contributed by atoms with E-state index in [1.165, 1.54) is 11.0 Å². The molecule has 2 aromatic carbocycles. The Morgan fingerprint density at radius 3 is 2.53 bits per heavy atom. The first kappa shape index (κ1) is 13.1. The number of anilines is 2. The SMILES string of the molecule is Cc1cc(N)cc(C(=O)N(C)c2ccccc2F)c1. The lowest BCUT2D eigenvalue weighted by Crippen LogP contribution is -2.27. The van der Waals surface area contributed by atoms with Crippen LogP contribution in [0.5, 0.6) is 0 Å². The Morgan fingerprint density at radius 2 is 1.89 bits per heavy atom. The highest BCUT2D eigenvalue weighted by Crippen LogP contribution is 2.20. The minimum atomic E-state index is -0.432. The summed E-state index contributed by atoms with van der Waals surface area (Å²) in [6, 6.07) is 11.3. The van der Waals surface area contributed by atoms with E-state index in [1.54, 1.807) is 43.4 Å². The molecule has 98 valence electrons. The minimum Gasteiger partial charge on any atom is -0.399 e. The number of nitrogens with two attached hydrogens (primary N) is 1. The molecule has 2 rings (SSSR count). The van der Waals surface area contributed by atoms with Gasteiger partial charge in [-0.05, 0) is 42.8 Å². The molecule has 4 heteroatoms. The summed E-state index contributed by atoms with van der Waals surface area (Å²) < 4.78 is 13.7. The van der Waals surface area contributed by atoms with Gasteiger partial charge in [0.1, 0.15) is 5.82 Å². The van der Waals surface area contributed by atoms with Gasteiger partial charge in [-0.2, -0.15) is 0 Å². The van der Waals surface area contributed by atoms with Crippen LogP contribution in [-0.4, -0.2) is 13.0 Å². The highest BCUT2D eigenvalue weighted by Gasteiger charge is 2.16. The van der Waals surface area contributed by atoms with Gasteiger partial charge in [0, 0.05) is 18.3 Å². The first-order valence-electron chi connectivity index (χ1n) is 5.89. The van der Waals surface area contributed by atoms with E-state index in [1.807, 2.05) is 6.92 Å². The van der Waals surface area contributed by atoms with Crippen molar-refractivity contribution in [3.8, 4) is 0 Å². The average molecular weight is 258 g/mol. The smallest absolute Gasteiger partial charge is 0.258 e. The number of amides is 1. The maximum Gasteiger partial charge on any atom is 0.258 e. The Morgan fingerprint density at radius 1 is 1.21 bits per heavy atom. The molecule has 0 aliphatic carbocycles. The van der Waals surface area contributed by atoms with E-state index in [0.29, 0.717) is 11.3 Å². The second-order valence-electron chi connectivity index (χ2n) is 4.45. The van der Waals surface area contributed by atoms with Gasteiger partial charge in [0.2, 0.25) is 0 Å². The number of carbonyl (C=O) groups is 1. The Bertz CT molecular complexity index is 605. The van der Waals surface area contributed by atoms with Gasteiger partial charge in [-0.15, -0.1) is 0 Å². The molecule has 0 spiro atoms. The quantitative estimate of drug-likeness (QED) is 0.842. The van der Waals surface area contributed by atoms with Gasteiger partial charge in [-0.25, -0.2) is 4.39 Å². The number of halogens is 1. The summed E-state index contributed by atoms with van der Waals surface area (Å²) in [5, 5.41) is 0. The third-order valence-corrected chi connectivity index (χ3v) is 2.87. The molecule has 2 aromatic rings. The third kappa shape index (κ3) is 2.73. The van der Waals surface area contributed by atoms with Crippen LogP contribution >= 0.6 is 0 Å². The van der Waals surface area contributed by atoms with Gasteiger partial charge in [0.25, 0.3) is 5.91 Å². The number of benzene rings is 2. The lowest BCUT2D eigenvalue weighted by Gasteiger charge is -2.18. The Balaban J connectivity index is 2.36. The average Bonchev–Trinajstić information content (AvgIpc) is 2.36. The fourth-order valence-corrected chi connectivity index (χ4v) is 1.96. The van der Waals surface area contributed by atoms with E-state index in [2.05, 4.69) is 0 Å². The number of hydrogen-bond donors (Lipinski definition) is 1. The molecule has 0 saturated heterocycles. The van der Waals surface area contributed by atoms with E-state index in [-0.39, 0.29) is 11.6 Å². The number of aryl methyl sites for hydroxylation is 1. The monoisotopic (exact) mass is 258 g/mol. The second kappa shape index (κ2) is 5.10. The lowest BCUT2D eigenvalue weighted by molar-refractivity contribution is 0.0992. The van der Waals surface area contributed by atoms with E-state index in [9.17, 15) is 9.18 Å². The minimum absolute atomic E-state index is 0.243. The first-order chi connectivity index (χ1) is 8.99. The Kier molecular flexibility index (Phi) is 3.51. The van der Waals surface area contributed by atoms with E-state index in [0.717, 1.165) is 5.56 Å². The number of rotatable bonds is 2. The van der Waals surface area contributed by atoms with Crippen LogP contribution in [0.2, 0.25) is 0 Å². The molecule has 0 aliphatic rings. The van der Waals surface area contributed by atoms with Crippen LogP contribution in [0, 0.1) is 12.7 Å². The zero-order valence-corrected chi connectivity index (χ0v) is 10.9. The summed E-state index contributed by atoms with van der Waals surface area (Å²) in [6.45, 7) is 1.86. The first-order valence-corrected chi connectivity index (χ1v) is 5.89. The molecular weight excluding hydrogens is 243 g/mol. The number of nitrogen functional groups attached to an aromatic ring is 1. The zero-order valence-electron chi connectivity index (χ0n) is 10.9. The molecule has 0 unspecified atom stereocenters. The molecule has 2 N–H and O–H groups in total. The van der Waals surface area contributed by atoms with Crippen molar-refractivity contribution in [3.05, 3.63) is 59.4 Å². The molecule has 0 saturated carbocycles. The molecular formula is C15H15FN2O. The van der Waals surface area contributed by atoms with Crippen molar-refractivity contribution in [1.29, 1.82) is 0 Å². The molecule has 1 amide bonds. The summed E-state index contributed by atoms with van der Waals surface area (Å²) in [7, 11) is 1.54. The number of nitrogens with zero attached hydrogens (tertiary/aromatic N) is 1. The second-order valence-corrected chi connectivity index (χ2v) is 4.45. The van der Waals surface area contributed by atoms with Crippen molar-refractivity contribution in [2.24, 2.45) is 0 Å². The summed E-state index contributed by atoms with van der Waals surface area (Å²) in [6.07, 6.45) is 0. The van der Waals surface area contributed by atoms with Gasteiger partial charge in [0.15, 0.2) is 0 Å². The number of carbonyl (C=O) groups excluding carboxylic acids is 1. The highest BCUT2D eigenvalue weighted by molar-refractivity contribution is 6.06. The highest BCUT2D eigenvalue weighted by atomic mass is 19.1. The number of hydrogen-bond acceptors (Lipinski definition) is 2. The zero-order chi connectivity index (χ0) is 14.0. The predicted octanol–water partition coefficient (Wildman–Crippen LogP) is 2.99. The molecule has 0 aromatic heterocycles. The van der Waals surface area contributed by atoms with Crippen LogP contribution in [-0.2, 0) is 0 Å². The van der Waals surface area contributed by atoms with Gasteiger partial charge in [-0.3, -0.25) is 4.79 Å². The fraction of sp³-hybridized carbons (Fsp3) is 0.133. The summed E-state index contributed by atoms with van der Waals surface area (Å²) in [5.74, 6) is -0.723. The van der Waals surface area contributed by atoms with E-state index in [4.69, 9.17) is 5.73 Å². The fourth-order valence-electron chi connectivity index (χ4n) is 1.96. The summed E-state index contributed by atoms with van der Waals surface area (Å²) in [5.41, 5.74) is 7.82. The maximum atomic E-state index is 13.7.